The SMILES string of the molecule is CCNCc1cc(Cl)cc(Cl)c1OCc1nc(C)cs1. The van der Waals surface area contributed by atoms with Crippen molar-refractivity contribution in [2.75, 3.05) is 6.54 Å². The maximum absolute atomic E-state index is 6.23. The molecule has 0 bridgehead atoms. The van der Waals surface area contributed by atoms with Gasteiger partial charge in [0.25, 0.3) is 0 Å². The first-order valence-corrected chi connectivity index (χ1v) is 7.96. The Bertz CT molecular complexity index is 587. The monoisotopic (exact) mass is 330 g/mol. The Kier molecular flexibility index (Phi) is 5.66. The van der Waals surface area contributed by atoms with Gasteiger partial charge in [-0.05, 0) is 25.6 Å². The summed E-state index contributed by atoms with van der Waals surface area (Å²) in [6.45, 7) is 5.97. The molecule has 0 atom stereocenters. The Hall–Kier alpha value is -0.810. The van der Waals surface area contributed by atoms with Crippen LogP contribution in [-0.2, 0) is 13.2 Å². The fourth-order valence-electron chi connectivity index (χ4n) is 1.77. The van der Waals surface area contributed by atoms with Crippen molar-refractivity contribution in [2.24, 2.45) is 0 Å². The van der Waals surface area contributed by atoms with Crippen LogP contribution in [0, 0.1) is 6.92 Å². The van der Waals surface area contributed by atoms with E-state index in [1.54, 1.807) is 17.4 Å². The second-order valence-electron chi connectivity index (χ2n) is 4.33. The number of aryl methyl sites for hydroxylation is 1. The second kappa shape index (κ2) is 7.27. The third kappa shape index (κ3) is 4.09. The summed E-state index contributed by atoms with van der Waals surface area (Å²) in [5.74, 6) is 0.671. The number of thiazole rings is 1. The molecule has 0 saturated carbocycles. The molecule has 3 nitrogen and oxygen atoms in total. The van der Waals surface area contributed by atoms with E-state index in [1.165, 1.54) is 0 Å². The molecule has 2 aromatic rings. The quantitative estimate of drug-likeness (QED) is 0.849. The minimum Gasteiger partial charge on any atom is -0.485 e. The highest BCUT2D eigenvalue weighted by molar-refractivity contribution is 7.09. The van der Waals surface area contributed by atoms with Gasteiger partial charge in [-0.1, -0.05) is 30.1 Å². The maximum atomic E-state index is 6.23. The summed E-state index contributed by atoms with van der Waals surface area (Å²) in [4.78, 5) is 4.37. The predicted octanol–water partition coefficient (Wildman–Crippen LogP) is 4.45. The van der Waals surface area contributed by atoms with E-state index in [9.17, 15) is 0 Å². The number of aromatic nitrogens is 1. The van der Waals surface area contributed by atoms with Crippen LogP contribution in [0.2, 0.25) is 10.0 Å². The van der Waals surface area contributed by atoms with E-state index >= 15 is 0 Å². The van der Waals surface area contributed by atoms with Gasteiger partial charge in [0.05, 0.1) is 5.02 Å². The smallest absolute Gasteiger partial charge is 0.143 e. The highest BCUT2D eigenvalue weighted by atomic mass is 35.5. The number of rotatable bonds is 6. The average Bonchev–Trinajstić information content (AvgIpc) is 2.80. The Morgan fingerprint density at radius 3 is 2.80 bits per heavy atom. The highest BCUT2D eigenvalue weighted by Gasteiger charge is 2.11. The normalized spacial score (nSPS) is 10.8. The third-order valence-electron chi connectivity index (χ3n) is 2.66. The van der Waals surface area contributed by atoms with Crippen LogP contribution in [0.4, 0.5) is 0 Å². The van der Waals surface area contributed by atoms with Gasteiger partial charge >= 0.3 is 0 Å². The van der Waals surface area contributed by atoms with Crippen molar-refractivity contribution in [3.05, 3.63) is 43.8 Å². The molecule has 0 amide bonds. The first kappa shape index (κ1) is 15.6. The van der Waals surface area contributed by atoms with Crippen molar-refractivity contribution in [3.8, 4) is 5.75 Å². The first-order chi connectivity index (χ1) is 9.60. The fourth-order valence-corrected chi connectivity index (χ4v) is 3.04. The summed E-state index contributed by atoms with van der Waals surface area (Å²) in [7, 11) is 0. The minimum absolute atomic E-state index is 0.416. The van der Waals surface area contributed by atoms with E-state index in [-0.39, 0.29) is 0 Å². The summed E-state index contributed by atoms with van der Waals surface area (Å²) in [5.41, 5.74) is 1.96. The number of nitrogens with one attached hydrogen (secondary N) is 1. The molecule has 108 valence electrons. The topological polar surface area (TPSA) is 34.1 Å². The number of nitrogens with zero attached hydrogens (tertiary/aromatic N) is 1. The zero-order valence-electron chi connectivity index (χ0n) is 11.4. The molecule has 20 heavy (non-hydrogen) atoms. The molecule has 0 aliphatic carbocycles. The van der Waals surface area contributed by atoms with E-state index in [1.807, 2.05) is 25.3 Å². The molecule has 1 aromatic heterocycles. The van der Waals surface area contributed by atoms with Crippen LogP contribution >= 0.6 is 34.5 Å². The van der Waals surface area contributed by atoms with Crippen molar-refractivity contribution in [2.45, 2.75) is 27.0 Å². The van der Waals surface area contributed by atoms with Gasteiger partial charge in [-0.15, -0.1) is 11.3 Å². The molecule has 0 spiro atoms. The summed E-state index contributed by atoms with van der Waals surface area (Å²) in [5, 5.41) is 7.32. The van der Waals surface area contributed by atoms with Gasteiger partial charge in [0.1, 0.15) is 17.4 Å². The number of ether oxygens (including phenoxy) is 1. The van der Waals surface area contributed by atoms with Crippen molar-refractivity contribution in [3.63, 3.8) is 0 Å². The lowest BCUT2D eigenvalue weighted by Crippen LogP contribution is -2.13. The zero-order chi connectivity index (χ0) is 14.5. The van der Waals surface area contributed by atoms with Crippen molar-refractivity contribution in [1.29, 1.82) is 0 Å². The Labute approximate surface area is 132 Å². The average molecular weight is 331 g/mol. The van der Waals surface area contributed by atoms with Crippen LogP contribution in [0.15, 0.2) is 17.5 Å². The highest BCUT2D eigenvalue weighted by Crippen LogP contribution is 2.33. The third-order valence-corrected chi connectivity index (χ3v) is 4.10. The van der Waals surface area contributed by atoms with Crippen LogP contribution in [0.3, 0.4) is 0 Å². The summed E-state index contributed by atoms with van der Waals surface area (Å²) in [6, 6.07) is 3.57. The van der Waals surface area contributed by atoms with Gasteiger partial charge in [0, 0.05) is 28.2 Å². The van der Waals surface area contributed by atoms with E-state index in [2.05, 4.69) is 10.3 Å². The number of hydrogen-bond acceptors (Lipinski definition) is 4. The van der Waals surface area contributed by atoms with Gasteiger partial charge in [-0.3, -0.25) is 0 Å². The molecule has 0 radical (unpaired) electrons. The van der Waals surface area contributed by atoms with Crippen LogP contribution in [0.1, 0.15) is 23.2 Å². The molecule has 0 aliphatic heterocycles. The number of halogens is 2. The molecule has 1 heterocycles. The van der Waals surface area contributed by atoms with Gasteiger partial charge in [-0.2, -0.15) is 0 Å². The van der Waals surface area contributed by atoms with Gasteiger partial charge in [-0.25, -0.2) is 4.98 Å². The Morgan fingerprint density at radius 2 is 2.15 bits per heavy atom. The first-order valence-electron chi connectivity index (χ1n) is 6.32. The Balaban J connectivity index is 2.16. The molecule has 0 aliphatic rings. The molecule has 0 unspecified atom stereocenters. The van der Waals surface area contributed by atoms with Crippen LogP contribution in [-0.4, -0.2) is 11.5 Å². The number of hydrogen-bond donors (Lipinski definition) is 1. The van der Waals surface area contributed by atoms with E-state index in [4.69, 9.17) is 27.9 Å². The largest absolute Gasteiger partial charge is 0.485 e. The van der Waals surface area contributed by atoms with Gasteiger partial charge < -0.3 is 10.1 Å². The molecule has 1 N–H and O–H groups in total. The predicted molar refractivity (Wildman–Crippen MR) is 85.0 cm³/mol. The number of benzene rings is 1. The molecule has 2 rings (SSSR count). The lowest BCUT2D eigenvalue weighted by molar-refractivity contribution is 0.301. The molecule has 6 heteroatoms. The van der Waals surface area contributed by atoms with Crippen molar-refractivity contribution >= 4 is 34.5 Å². The lowest BCUT2D eigenvalue weighted by atomic mass is 10.2. The summed E-state index contributed by atoms with van der Waals surface area (Å²) >= 11 is 13.9. The van der Waals surface area contributed by atoms with E-state index in [0.29, 0.717) is 28.9 Å². The maximum Gasteiger partial charge on any atom is 0.143 e. The molecular formula is C14H16Cl2N2OS. The molecular weight excluding hydrogens is 315 g/mol. The standard InChI is InChI=1S/C14H16Cl2N2OS/c1-3-17-6-10-4-11(15)5-12(16)14(10)19-7-13-18-9(2)8-20-13/h4-5,8,17H,3,6-7H2,1-2H3. The van der Waals surface area contributed by atoms with Gasteiger partial charge in [0.2, 0.25) is 0 Å². The van der Waals surface area contributed by atoms with Crippen molar-refractivity contribution in [1.82, 2.24) is 10.3 Å². The van der Waals surface area contributed by atoms with Gasteiger partial charge in [0.15, 0.2) is 0 Å². The molecule has 0 fully saturated rings. The molecule has 0 saturated heterocycles. The Morgan fingerprint density at radius 1 is 1.35 bits per heavy atom. The zero-order valence-corrected chi connectivity index (χ0v) is 13.7. The lowest BCUT2D eigenvalue weighted by Gasteiger charge is -2.13. The van der Waals surface area contributed by atoms with E-state index in [0.717, 1.165) is 22.8 Å². The minimum atomic E-state index is 0.416. The van der Waals surface area contributed by atoms with Crippen LogP contribution in [0.5, 0.6) is 5.75 Å². The van der Waals surface area contributed by atoms with Crippen LogP contribution < -0.4 is 10.1 Å². The summed E-state index contributed by atoms with van der Waals surface area (Å²) in [6.07, 6.45) is 0. The second-order valence-corrected chi connectivity index (χ2v) is 6.11. The van der Waals surface area contributed by atoms with Crippen molar-refractivity contribution < 1.29 is 4.74 Å². The molecule has 1 aromatic carbocycles. The summed E-state index contributed by atoms with van der Waals surface area (Å²) < 4.78 is 5.84. The van der Waals surface area contributed by atoms with E-state index < -0.39 is 0 Å². The van der Waals surface area contributed by atoms with Crippen LogP contribution in [0.25, 0.3) is 0 Å². The fraction of sp³-hybridized carbons (Fsp3) is 0.357.